The molecule has 3 fully saturated rings. The number of carbonyl (C=O) groups is 2. The maximum absolute atomic E-state index is 14.0. The molecule has 3 heterocycles. The van der Waals surface area contributed by atoms with Crippen LogP contribution in [0.3, 0.4) is 0 Å². The van der Waals surface area contributed by atoms with Crippen LogP contribution in [0.5, 0.6) is 0 Å². The number of aliphatic hydroxyl groups is 1. The molecule has 2 aromatic carbocycles. The highest BCUT2D eigenvalue weighted by Crippen LogP contribution is 2.81. The van der Waals surface area contributed by atoms with Gasteiger partial charge in [0, 0.05) is 32.2 Å². The van der Waals surface area contributed by atoms with Crippen LogP contribution in [0.2, 0.25) is 5.02 Å². The summed E-state index contributed by atoms with van der Waals surface area (Å²) in [4.78, 5) is 31.6. The van der Waals surface area contributed by atoms with Crippen molar-refractivity contribution in [2.45, 2.75) is 87.7 Å². The average Bonchev–Trinajstić information content (AvgIpc) is 3.45. The van der Waals surface area contributed by atoms with Crippen LogP contribution < -0.4 is 0 Å². The van der Waals surface area contributed by atoms with E-state index in [-0.39, 0.29) is 53.1 Å². The molecule has 7 atom stereocenters. The number of rotatable bonds is 4. The van der Waals surface area contributed by atoms with Crippen LogP contribution in [0.4, 0.5) is 0 Å². The van der Waals surface area contributed by atoms with Crippen molar-refractivity contribution in [2.75, 3.05) is 20.6 Å². The van der Waals surface area contributed by atoms with Crippen LogP contribution >= 0.6 is 35.8 Å². The van der Waals surface area contributed by atoms with E-state index < -0.39 is 21.8 Å². The van der Waals surface area contributed by atoms with Gasteiger partial charge in [0.05, 0.1) is 29.5 Å². The number of hydrogen-bond acceptors (Lipinski definition) is 7. The van der Waals surface area contributed by atoms with E-state index in [1.807, 2.05) is 57.0 Å². The number of epoxide rings is 1. The summed E-state index contributed by atoms with van der Waals surface area (Å²) in [6.45, 7) is 11.1. The molecule has 280 valence electrons. The first-order valence-corrected chi connectivity index (χ1v) is 19.7. The van der Waals surface area contributed by atoms with Crippen LogP contribution in [0.15, 0.2) is 105 Å². The zero-order chi connectivity index (χ0) is 37.0. The number of ketones is 2. The fraction of sp³-hybridized carbons (Fsp3) is 0.455. The van der Waals surface area contributed by atoms with E-state index in [1.54, 1.807) is 12.3 Å². The third kappa shape index (κ3) is 5.28. The summed E-state index contributed by atoms with van der Waals surface area (Å²) in [5.41, 5.74) is 2.48. The molecule has 9 rings (SSSR count). The van der Waals surface area contributed by atoms with E-state index in [4.69, 9.17) is 20.8 Å². The number of Topliss-reactive ketones (excluding diaryl/α,β-unsaturated/α-hetero) is 1. The normalized spacial score (nSPS) is 34.9. The number of fused-ring (bicyclic) bond motifs is 5. The van der Waals surface area contributed by atoms with Crippen LogP contribution in [-0.2, 0) is 14.3 Å². The van der Waals surface area contributed by atoms with Crippen molar-refractivity contribution in [3.8, 4) is 0 Å². The molecule has 7 unspecified atom stereocenters. The van der Waals surface area contributed by atoms with Crippen molar-refractivity contribution < 1.29 is 23.8 Å². The minimum absolute atomic E-state index is 0. The van der Waals surface area contributed by atoms with Gasteiger partial charge in [-0.15, -0.1) is 12.4 Å². The van der Waals surface area contributed by atoms with Crippen LogP contribution in [-0.4, -0.2) is 53.9 Å². The highest BCUT2D eigenvalue weighted by molar-refractivity contribution is 7.99. The Hall–Kier alpha value is -3.07. The van der Waals surface area contributed by atoms with E-state index in [9.17, 15) is 14.7 Å². The molecular formula is C44H49Cl2NO5S. The fourth-order valence-electron chi connectivity index (χ4n) is 11.3. The molecule has 0 radical (unpaired) electrons. The zero-order valence-corrected chi connectivity index (χ0v) is 33.9. The molecule has 2 saturated carbocycles. The Morgan fingerprint density at radius 2 is 1.75 bits per heavy atom. The lowest BCUT2D eigenvalue weighted by atomic mass is 9.39. The zero-order valence-electron chi connectivity index (χ0n) is 31.5. The molecular weight excluding hydrogens is 725 g/mol. The number of furan rings is 1. The smallest absolute Gasteiger partial charge is 0.206 e. The molecule has 2 aliphatic heterocycles. The predicted octanol–water partition coefficient (Wildman–Crippen LogP) is 10.5. The number of nitrogens with zero attached hydrogens (tertiary/aromatic N) is 1. The quantitative estimate of drug-likeness (QED) is 0.207. The van der Waals surface area contributed by atoms with Gasteiger partial charge in [0.15, 0.2) is 11.5 Å². The molecule has 0 amide bonds. The van der Waals surface area contributed by atoms with Crippen LogP contribution in [0.25, 0.3) is 5.57 Å². The van der Waals surface area contributed by atoms with E-state index in [0.29, 0.717) is 5.57 Å². The van der Waals surface area contributed by atoms with Crippen molar-refractivity contribution in [2.24, 2.45) is 27.6 Å². The molecule has 1 saturated heterocycles. The van der Waals surface area contributed by atoms with Gasteiger partial charge in [-0.1, -0.05) is 67.6 Å². The lowest BCUT2D eigenvalue weighted by Crippen LogP contribution is -2.66. The van der Waals surface area contributed by atoms with Gasteiger partial charge in [-0.3, -0.25) is 9.59 Å². The monoisotopic (exact) mass is 773 g/mol. The van der Waals surface area contributed by atoms with E-state index in [2.05, 4.69) is 75.3 Å². The molecule has 6 nitrogen and oxygen atoms in total. The standard InChI is InChI=1S/C26H30O5.C18H18ClNS.ClH/c1-22(2)17(27)7-9-23(3)16-6-10-24(4)15(14-8-11-30-13-14)12-18-26(24,31-18)25(16,5)21(29)19(28)20(22)23;1-20(2)11-5-7-14-15-6-3-4-8-17(15)21-18-10-9-13(19)12-16(14)18;/h7-9,11,13,15-16,18,28H,6,10,12H2,1-5H3;3-4,6-10,12H,5,11H2,1-2H3;1H. The van der Waals surface area contributed by atoms with Gasteiger partial charge in [-0.05, 0) is 137 Å². The first-order chi connectivity index (χ1) is 24.6. The van der Waals surface area contributed by atoms with Gasteiger partial charge < -0.3 is 19.2 Å². The van der Waals surface area contributed by atoms with E-state index >= 15 is 0 Å². The summed E-state index contributed by atoms with van der Waals surface area (Å²) in [5.74, 6) is -0.312. The van der Waals surface area contributed by atoms with Gasteiger partial charge in [-0.2, -0.15) is 0 Å². The maximum atomic E-state index is 14.0. The summed E-state index contributed by atoms with van der Waals surface area (Å²) < 4.78 is 11.9. The second-order valence-corrected chi connectivity index (χ2v) is 18.5. The largest absolute Gasteiger partial charge is 0.504 e. The topological polar surface area (TPSA) is 83.3 Å². The highest BCUT2D eigenvalue weighted by Gasteiger charge is 2.87. The van der Waals surface area contributed by atoms with Crippen molar-refractivity contribution in [1.29, 1.82) is 0 Å². The Morgan fingerprint density at radius 1 is 1.02 bits per heavy atom. The lowest BCUT2D eigenvalue weighted by Gasteiger charge is -2.62. The van der Waals surface area contributed by atoms with Gasteiger partial charge in [0.25, 0.3) is 0 Å². The third-order valence-electron chi connectivity index (χ3n) is 13.7. The fourth-order valence-corrected chi connectivity index (χ4v) is 12.6. The summed E-state index contributed by atoms with van der Waals surface area (Å²) in [6, 6.07) is 16.8. The van der Waals surface area contributed by atoms with Gasteiger partial charge in [-0.25, -0.2) is 0 Å². The predicted molar refractivity (Wildman–Crippen MR) is 213 cm³/mol. The molecule has 1 aromatic heterocycles. The molecule has 6 aliphatic rings. The number of allylic oxidation sites excluding steroid dienone is 4. The number of aliphatic hydroxyl groups excluding tert-OH is 1. The Balaban J connectivity index is 0.000000174. The van der Waals surface area contributed by atoms with Gasteiger partial charge in [0.1, 0.15) is 5.60 Å². The maximum Gasteiger partial charge on any atom is 0.206 e. The number of benzene rings is 2. The lowest BCUT2D eigenvalue weighted by molar-refractivity contribution is -0.162. The van der Waals surface area contributed by atoms with Crippen molar-refractivity contribution in [3.63, 3.8) is 0 Å². The van der Waals surface area contributed by atoms with E-state index in [0.717, 1.165) is 37.3 Å². The molecule has 1 N–H and O–H groups in total. The number of carbonyl (C=O) groups excluding carboxylic acids is 2. The minimum Gasteiger partial charge on any atom is -0.504 e. The molecule has 3 aromatic rings. The first kappa shape index (κ1) is 38.2. The second kappa shape index (κ2) is 13.0. The Morgan fingerprint density at radius 3 is 2.47 bits per heavy atom. The summed E-state index contributed by atoms with van der Waals surface area (Å²) in [6.07, 6.45) is 13.1. The molecule has 4 aliphatic carbocycles. The summed E-state index contributed by atoms with van der Waals surface area (Å²) >= 11 is 8.03. The number of halogens is 2. The van der Waals surface area contributed by atoms with Crippen molar-refractivity contribution >= 4 is 52.9 Å². The van der Waals surface area contributed by atoms with Crippen LogP contribution in [0, 0.1) is 27.6 Å². The number of hydrogen-bond donors (Lipinski definition) is 1. The summed E-state index contributed by atoms with van der Waals surface area (Å²) in [7, 11) is 4.21. The summed E-state index contributed by atoms with van der Waals surface area (Å²) in [5, 5.41) is 12.2. The van der Waals surface area contributed by atoms with Crippen molar-refractivity contribution in [3.05, 3.63) is 112 Å². The Bertz CT molecular complexity index is 2090. The molecule has 0 bridgehead atoms. The van der Waals surface area contributed by atoms with Gasteiger partial charge in [0.2, 0.25) is 5.78 Å². The van der Waals surface area contributed by atoms with Crippen LogP contribution in [0.1, 0.15) is 82.9 Å². The minimum atomic E-state index is -0.901. The molecule has 9 heteroatoms. The third-order valence-corrected chi connectivity index (χ3v) is 15.1. The molecule has 53 heavy (non-hydrogen) atoms. The second-order valence-electron chi connectivity index (χ2n) is 17.0. The van der Waals surface area contributed by atoms with E-state index in [1.165, 1.54) is 32.1 Å². The number of ether oxygens (including phenoxy) is 1. The van der Waals surface area contributed by atoms with Crippen molar-refractivity contribution in [1.82, 2.24) is 4.90 Å². The first-order valence-electron chi connectivity index (χ1n) is 18.5. The Kier molecular flexibility index (Phi) is 9.38. The SMILES string of the molecule is CC1(C)C(=O)C=CC2(C)C1=C(O)C(=O)C1(C)C2CCC2(C)C(c3ccoc3)CC3OC321.CN(C)CCC=C1c2ccccc2Sc2ccc(Cl)cc21.Cl. The van der Waals surface area contributed by atoms with Gasteiger partial charge >= 0.3 is 0 Å². The molecule has 1 spiro atoms. The Labute approximate surface area is 328 Å². The average molecular weight is 775 g/mol. The highest BCUT2D eigenvalue weighted by atomic mass is 35.5.